The van der Waals surface area contributed by atoms with E-state index in [0.29, 0.717) is 12.6 Å². The SMILES string of the molecule is CC.CCCC[C@@H](CC)OCCc1ccc(OC)c(OC)c1.O=CO[C@@H]1CCNC1. The van der Waals surface area contributed by atoms with E-state index >= 15 is 0 Å². The number of ether oxygens (including phenoxy) is 4. The predicted octanol–water partition coefficient (Wildman–Crippen LogP) is 4.78. The molecule has 30 heavy (non-hydrogen) atoms. The molecule has 6 heteroatoms. The smallest absolute Gasteiger partial charge is 0.293 e. The summed E-state index contributed by atoms with van der Waals surface area (Å²) in [5.74, 6) is 1.55. The number of rotatable bonds is 12. The van der Waals surface area contributed by atoms with Crippen molar-refractivity contribution in [2.75, 3.05) is 33.9 Å². The molecular weight excluding hydrogens is 382 g/mol. The second-order valence-corrected chi connectivity index (χ2v) is 6.83. The summed E-state index contributed by atoms with van der Waals surface area (Å²) in [5, 5.41) is 3.07. The van der Waals surface area contributed by atoms with Gasteiger partial charge >= 0.3 is 0 Å². The molecule has 0 radical (unpaired) electrons. The van der Waals surface area contributed by atoms with Crippen molar-refractivity contribution in [3.8, 4) is 11.5 Å². The average Bonchev–Trinajstić information content (AvgIpc) is 3.31. The lowest BCUT2D eigenvalue weighted by Gasteiger charge is -2.16. The Labute approximate surface area is 183 Å². The second kappa shape index (κ2) is 19.2. The number of hydrogen-bond donors (Lipinski definition) is 1. The van der Waals surface area contributed by atoms with Gasteiger partial charge in [-0.3, -0.25) is 4.79 Å². The van der Waals surface area contributed by atoms with Crippen molar-refractivity contribution in [1.82, 2.24) is 5.32 Å². The Morgan fingerprint density at radius 2 is 1.90 bits per heavy atom. The van der Waals surface area contributed by atoms with Crippen LogP contribution < -0.4 is 14.8 Å². The average molecular weight is 426 g/mol. The fourth-order valence-electron chi connectivity index (χ4n) is 3.04. The van der Waals surface area contributed by atoms with E-state index < -0.39 is 0 Å². The summed E-state index contributed by atoms with van der Waals surface area (Å²) in [5.41, 5.74) is 1.22. The molecule has 1 aliphatic rings. The van der Waals surface area contributed by atoms with Gasteiger partial charge in [0.05, 0.1) is 26.9 Å². The van der Waals surface area contributed by atoms with Gasteiger partial charge in [0.2, 0.25) is 0 Å². The lowest BCUT2D eigenvalue weighted by molar-refractivity contribution is -0.132. The van der Waals surface area contributed by atoms with E-state index in [4.69, 9.17) is 14.2 Å². The van der Waals surface area contributed by atoms with Gasteiger partial charge in [-0.2, -0.15) is 0 Å². The van der Waals surface area contributed by atoms with Crippen molar-refractivity contribution in [2.45, 2.75) is 78.4 Å². The van der Waals surface area contributed by atoms with Crippen molar-refractivity contribution in [2.24, 2.45) is 0 Å². The highest BCUT2D eigenvalue weighted by atomic mass is 16.5. The molecule has 1 aliphatic heterocycles. The van der Waals surface area contributed by atoms with Crippen molar-refractivity contribution >= 4 is 6.47 Å². The zero-order valence-electron chi connectivity index (χ0n) is 19.9. The Hall–Kier alpha value is -1.79. The van der Waals surface area contributed by atoms with Crippen molar-refractivity contribution in [3.05, 3.63) is 23.8 Å². The van der Waals surface area contributed by atoms with Crippen LogP contribution in [0, 0.1) is 0 Å². The van der Waals surface area contributed by atoms with Gasteiger partial charge < -0.3 is 24.3 Å². The molecule has 1 aromatic rings. The number of hydrogen-bond acceptors (Lipinski definition) is 6. The van der Waals surface area contributed by atoms with Crippen LogP contribution in [0.15, 0.2) is 18.2 Å². The van der Waals surface area contributed by atoms with E-state index in [-0.39, 0.29) is 6.10 Å². The number of methoxy groups -OCH3 is 2. The number of unbranched alkanes of at least 4 members (excludes halogenated alkanes) is 1. The summed E-state index contributed by atoms with van der Waals surface area (Å²) in [6.45, 7) is 11.5. The van der Waals surface area contributed by atoms with Crippen molar-refractivity contribution in [1.29, 1.82) is 0 Å². The summed E-state index contributed by atoms with van der Waals surface area (Å²) in [6.07, 6.45) is 7.12. The maximum absolute atomic E-state index is 9.71. The maximum Gasteiger partial charge on any atom is 0.293 e. The summed E-state index contributed by atoms with van der Waals surface area (Å²) < 4.78 is 21.2. The Bertz CT molecular complexity index is 532. The lowest BCUT2D eigenvalue weighted by atomic mass is 10.1. The minimum atomic E-state index is 0.132. The molecular formula is C24H43NO5. The van der Waals surface area contributed by atoms with Crippen molar-refractivity contribution < 1.29 is 23.7 Å². The van der Waals surface area contributed by atoms with Gasteiger partial charge in [-0.05, 0) is 49.9 Å². The molecule has 1 saturated heterocycles. The molecule has 2 atom stereocenters. The van der Waals surface area contributed by atoms with Crippen LogP contribution in [0.3, 0.4) is 0 Å². The lowest BCUT2D eigenvalue weighted by Crippen LogP contribution is -2.15. The highest BCUT2D eigenvalue weighted by Gasteiger charge is 2.13. The first-order valence-corrected chi connectivity index (χ1v) is 11.3. The molecule has 0 bridgehead atoms. The number of carbonyl (C=O) groups is 1. The molecule has 0 unspecified atom stereocenters. The molecule has 6 nitrogen and oxygen atoms in total. The molecule has 2 rings (SSSR count). The van der Waals surface area contributed by atoms with Gasteiger partial charge in [-0.25, -0.2) is 0 Å². The normalized spacial score (nSPS) is 15.7. The number of benzene rings is 1. The molecule has 1 fully saturated rings. The van der Waals surface area contributed by atoms with E-state index in [1.54, 1.807) is 14.2 Å². The predicted molar refractivity (Wildman–Crippen MR) is 123 cm³/mol. The standard InChI is InChI=1S/C17H28O3.C5H9NO2.C2H6/c1-5-7-8-15(6-2)20-12-11-14-9-10-16(18-3)17(13-14)19-4;7-4-8-5-1-2-6-3-5;1-2/h9-10,13,15H,5-8,11-12H2,1-4H3;4-6H,1-3H2;1-2H3/t15-;5-;/m11./s1. The van der Waals surface area contributed by atoms with Crippen LogP contribution in [-0.4, -0.2) is 52.6 Å². The van der Waals surface area contributed by atoms with Gasteiger partial charge in [-0.15, -0.1) is 0 Å². The molecule has 1 heterocycles. The summed E-state index contributed by atoms with van der Waals surface area (Å²) >= 11 is 0. The monoisotopic (exact) mass is 425 g/mol. The van der Waals surface area contributed by atoms with Crippen LogP contribution in [0.4, 0.5) is 0 Å². The molecule has 174 valence electrons. The molecule has 0 amide bonds. The Morgan fingerprint density at radius 1 is 1.17 bits per heavy atom. The molecule has 1 aromatic carbocycles. The summed E-state index contributed by atoms with van der Waals surface area (Å²) in [6, 6.07) is 6.04. The van der Waals surface area contributed by atoms with Gasteiger partial charge in [0.1, 0.15) is 6.10 Å². The van der Waals surface area contributed by atoms with E-state index in [2.05, 4.69) is 30.0 Å². The van der Waals surface area contributed by atoms with E-state index in [9.17, 15) is 4.79 Å². The Morgan fingerprint density at radius 3 is 2.43 bits per heavy atom. The van der Waals surface area contributed by atoms with Crippen LogP contribution in [0.2, 0.25) is 0 Å². The van der Waals surface area contributed by atoms with Gasteiger partial charge in [0.25, 0.3) is 6.47 Å². The zero-order chi connectivity index (χ0) is 22.6. The minimum absolute atomic E-state index is 0.132. The molecule has 0 spiro atoms. The van der Waals surface area contributed by atoms with E-state index in [1.807, 2.05) is 26.0 Å². The largest absolute Gasteiger partial charge is 0.493 e. The molecule has 0 aliphatic carbocycles. The Balaban J connectivity index is 0.000000696. The molecule has 0 aromatic heterocycles. The van der Waals surface area contributed by atoms with Crippen LogP contribution in [0.25, 0.3) is 0 Å². The second-order valence-electron chi connectivity index (χ2n) is 6.83. The van der Waals surface area contributed by atoms with E-state index in [1.165, 1.54) is 24.8 Å². The fourth-order valence-corrected chi connectivity index (χ4v) is 3.04. The quantitative estimate of drug-likeness (QED) is 0.486. The third-order valence-corrected chi connectivity index (χ3v) is 4.79. The van der Waals surface area contributed by atoms with Crippen LogP contribution in [0.5, 0.6) is 11.5 Å². The third-order valence-electron chi connectivity index (χ3n) is 4.79. The van der Waals surface area contributed by atoms with Crippen LogP contribution in [0.1, 0.15) is 65.4 Å². The summed E-state index contributed by atoms with van der Waals surface area (Å²) in [4.78, 5) is 9.71. The zero-order valence-corrected chi connectivity index (χ0v) is 19.9. The Kier molecular flexibility index (Phi) is 18.0. The summed E-state index contributed by atoms with van der Waals surface area (Å²) in [7, 11) is 3.32. The fraction of sp³-hybridized carbons (Fsp3) is 0.708. The van der Waals surface area contributed by atoms with Crippen LogP contribution in [-0.2, 0) is 20.7 Å². The van der Waals surface area contributed by atoms with Crippen LogP contribution >= 0.6 is 0 Å². The first-order chi connectivity index (χ1) is 14.7. The number of nitrogens with one attached hydrogen (secondary N) is 1. The molecule has 0 saturated carbocycles. The van der Waals surface area contributed by atoms with Gasteiger partial charge in [0.15, 0.2) is 11.5 Å². The van der Waals surface area contributed by atoms with Gasteiger partial charge in [0, 0.05) is 6.54 Å². The highest BCUT2D eigenvalue weighted by Crippen LogP contribution is 2.27. The number of carbonyl (C=O) groups excluding carboxylic acids is 1. The van der Waals surface area contributed by atoms with E-state index in [0.717, 1.165) is 50.5 Å². The van der Waals surface area contributed by atoms with Gasteiger partial charge in [-0.1, -0.05) is 46.6 Å². The molecule has 1 N–H and O–H groups in total. The highest BCUT2D eigenvalue weighted by molar-refractivity contribution is 5.42. The topological polar surface area (TPSA) is 66.0 Å². The first-order valence-electron chi connectivity index (χ1n) is 11.3. The minimum Gasteiger partial charge on any atom is -0.493 e. The maximum atomic E-state index is 9.71. The third kappa shape index (κ3) is 12.0. The van der Waals surface area contributed by atoms with Crippen molar-refractivity contribution in [3.63, 3.8) is 0 Å². The first kappa shape index (κ1) is 28.2.